The summed E-state index contributed by atoms with van der Waals surface area (Å²) >= 11 is 0. The van der Waals surface area contributed by atoms with Crippen LogP contribution in [-0.2, 0) is 0 Å². The van der Waals surface area contributed by atoms with Gasteiger partial charge < -0.3 is 4.42 Å². The van der Waals surface area contributed by atoms with E-state index in [-0.39, 0.29) is 0 Å². The first-order valence-corrected chi connectivity index (χ1v) is 13.9. The molecule has 10 rings (SSSR count). The van der Waals surface area contributed by atoms with Crippen molar-refractivity contribution >= 4 is 65.0 Å². The van der Waals surface area contributed by atoms with E-state index in [4.69, 9.17) is 26.3 Å². The summed E-state index contributed by atoms with van der Waals surface area (Å²) in [7, 11) is 0. The molecule has 1 heterocycles. The van der Waals surface area contributed by atoms with Gasteiger partial charge in [-0.2, -0.15) is 0 Å². The van der Waals surface area contributed by atoms with E-state index < -0.39 is 268 Å². The van der Waals surface area contributed by atoms with Crippen LogP contribution in [0, 0.1) is 0 Å². The average molecular weight is 625 g/mol. The largest absolute Gasteiger partial charge is 0.456 e. The number of hydrogen-bond acceptors (Lipinski definition) is 1. The standard InChI is InChI=1S/C46H28O/c1-2-14-34-29(11-1)23-24-32-27-31(25-26-35(32)34)30-12-9-13-33(28-30)44-36-15-3-5-17-38(36)45(39-18-6-4-16-37(39)44)41-20-10-22-43-46(41)40-19-7-8-21-42(40)47-43/h1-28H/i1D,2D,3D,4D,5D,6D,7D,8D,9D,10D,11D,12D,13D,14D,15D,16D,17D,18D,19D,20D,21D,22D,23D,24D,25D,26D,27D,28D. The highest BCUT2D eigenvalue weighted by molar-refractivity contribution is 6.25. The molecule has 47 heavy (non-hydrogen) atoms. The minimum atomic E-state index is -1.11. The molecular weight excluding hydrogens is 569 g/mol. The molecule has 0 atom stereocenters. The Morgan fingerprint density at radius 2 is 0.894 bits per heavy atom. The van der Waals surface area contributed by atoms with E-state index in [9.17, 15) is 16.4 Å². The van der Waals surface area contributed by atoms with Crippen LogP contribution in [0.2, 0.25) is 0 Å². The molecule has 1 aromatic heterocycles. The maximum absolute atomic E-state index is 9.89. The molecule has 0 bridgehead atoms. The molecule has 0 spiro atoms. The Balaban J connectivity index is 1.49. The van der Waals surface area contributed by atoms with Crippen LogP contribution >= 0.6 is 0 Å². The molecule has 9 aromatic carbocycles. The molecule has 1 heteroatoms. The second kappa shape index (κ2) is 10.2. The molecule has 0 amide bonds. The Morgan fingerprint density at radius 1 is 0.340 bits per heavy atom. The lowest BCUT2D eigenvalue weighted by molar-refractivity contribution is 0.669. The van der Waals surface area contributed by atoms with Gasteiger partial charge in [-0.1, -0.05) is 145 Å². The van der Waals surface area contributed by atoms with Crippen molar-refractivity contribution in [3.05, 3.63) is 169 Å². The third kappa shape index (κ3) is 3.97. The molecule has 218 valence electrons. The number of para-hydroxylation sites is 1. The van der Waals surface area contributed by atoms with Gasteiger partial charge in [0.1, 0.15) is 11.2 Å². The topological polar surface area (TPSA) is 13.1 Å². The van der Waals surface area contributed by atoms with E-state index in [1.54, 1.807) is 0 Å². The molecule has 0 saturated heterocycles. The molecule has 0 saturated carbocycles. The van der Waals surface area contributed by atoms with Crippen molar-refractivity contribution in [3.8, 4) is 33.4 Å². The van der Waals surface area contributed by atoms with Gasteiger partial charge in [-0.25, -0.2) is 0 Å². The molecule has 0 aliphatic carbocycles. The highest BCUT2D eigenvalue weighted by Gasteiger charge is 2.20. The van der Waals surface area contributed by atoms with E-state index in [0.29, 0.717) is 0 Å². The summed E-state index contributed by atoms with van der Waals surface area (Å²) in [6.45, 7) is 0. The molecule has 0 N–H and O–H groups in total. The van der Waals surface area contributed by atoms with Crippen LogP contribution in [-0.4, -0.2) is 0 Å². The monoisotopic (exact) mass is 624 g/mol. The Kier molecular flexibility index (Phi) is 2.31. The lowest BCUT2D eigenvalue weighted by Crippen LogP contribution is -1.91. The van der Waals surface area contributed by atoms with Crippen molar-refractivity contribution in [1.29, 1.82) is 0 Å². The van der Waals surface area contributed by atoms with Crippen molar-refractivity contribution < 1.29 is 42.8 Å². The van der Waals surface area contributed by atoms with E-state index >= 15 is 0 Å². The molecule has 10 aromatic rings. The summed E-state index contributed by atoms with van der Waals surface area (Å²) in [5.41, 5.74) is -6.00. The van der Waals surface area contributed by atoms with Crippen LogP contribution < -0.4 is 0 Å². The summed E-state index contributed by atoms with van der Waals surface area (Å²) < 4.78 is 258. The SMILES string of the molecule is [2H]c1c([2H])c(-c2c([2H])c([2H])c3c(c2[2H])c([2H])c([2H])c2c([2H])c([2H])c([2H])c([2H])c23)c([2H])c(-c2c3c([2H])c([2H])c([2H])c([2H])c3c(-c3c([2H])c([2H])c([2H])c4oc5c([2H])c([2H])c([2H])c([2H])c5c34)c3c([2H])c([2H])c([2H])c([2H])c23)c1[2H]. The number of fused-ring (bicyclic) bond motifs is 8. The summed E-state index contributed by atoms with van der Waals surface area (Å²) in [5, 5.41) is -6.21. The molecule has 1 nitrogen and oxygen atoms in total. The molecular formula is C46H28O. The van der Waals surface area contributed by atoms with E-state index in [1.165, 1.54) is 0 Å². The van der Waals surface area contributed by atoms with Crippen LogP contribution in [0.5, 0.6) is 0 Å². The third-order valence-electron chi connectivity index (χ3n) is 7.76. The first kappa shape index (κ1) is 10.7. The fourth-order valence-corrected chi connectivity index (χ4v) is 5.80. The quantitative estimate of drug-likeness (QED) is 0.141. The highest BCUT2D eigenvalue weighted by Crippen LogP contribution is 2.47. The van der Waals surface area contributed by atoms with Crippen LogP contribution in [0.15, 0.2) is 174 Å². The fourth-order valence-electron chi connectivity index (χ4n) is 5.80. The van der Waals surface area contributed by atoms with Crippen molar-refractivity contribution in [2.45, 2.75) is 0 Å². The predicted octanol–water partition coefficient (Wildman–Crippen LogP) is 13.2. The van der Waals surface area contributed by atoms with Gasteiger partial charge in [0.05, 0.1) is 38.4 Å². The summed E-state index contributed by atoms with van der Waals surface area (Å²) in [5.74, 6) is 0. The van der Waals surface area contributed by atoms with Crippen LogP contribution in [0.3, 0.4) is 0 Å². The zero-order chi connectivity index (χ0) is 55.3. The zero-order valence-corrected chi connectivity index (χ0v) is 23.4. The molecule has 0 aliphatic heterocycles. The van der Waals surface area contributed by atoms with Gasteiger partial charge in [0.25, 0.3) is 0 Å². The Hall–Kier alpha value is -6.18. The first-order valence-electron chi connectivity index (χ1n) is 27.9. The lowest BCUT2D eigenvalue weighted by atomic mass is 9.84. The molecule has 0 radical (unpaired) electrons. The zero-order valence-electron chi connectivity index (χ0n) is 51.4. The van der Waals surface area contributed by atoms with Gasteiger partial charge in [0.2, 0.25) is 0 Å². The summed E-state index contributed by atoms with van der Waals surface area (Å²) in [6, 6.07) is -26.0. The number of benzene rings is 9. The van der Waals surface area contributed by atoms with Gasteiger partial charge in [-0.15, -0.1) is 0 Å². The lowest BCUT2D eigenvalue weighted by Gasteiger charge is -2.18. The Bertz CT molecular complexity index is 4360. The molecule has 0 aliphatic rings. The average Bonchev–Trinajstić information content (AvgIpc) is 3.80. The van der Waals surface area contributed by atoms with Gasteiger partial charge in [0, 0.05) is 10.8 Å². The predicted molar refractivity (Wildman–Crippen MR) is 200 cm³/mol. The number of hydrogen-bond donors (Lipinski definition) is 0. The van der Waals surface area contributed by atoms with Gasteiger partial charge in [-0.3, -0.25) is 0 Å². The maximum atomic E-state index is 9.89. The second-order valence-electron chi connectivity index (χ2n) is 10.3. The van der Waals surface area contributed by atoms with Gasteiger partial charge in [-0.05, 0) is 101 Å². The Morgan fingerprint density at radius 3 is 1.68 bits per heavy atom. The van der Waals surface area contributed by atoms with Crippen LogP contribution in [0.4, 0.5) is 0 Å². The van der Waals surface area contributed by atoms with Crippen molar-refractivity contribution in [2.24, 2.45) is 0 Å². The fraction of sp³-hybridized carbons (Fsp3) is 0. The van der Waals surface area contributed by atoms with Crippen molar-refractivity contribution in [3.63, 3.8) is 0 Å². The van der Waals surface area contributed by atoms with Crippen molar-refractivity contribution in [2.75, 3.05) is 0 Å². The van der Waals surface area contributed by atoms with E-state index in [1.807, 2.05) is 0 Å². The molecule has 0 unspecified atom stereocenters. The van der Waals surface area contributed by atoms with Crippen LogP contribution in [0.1, 0.15) is 38.4 Å². The van der Waals surface area contributed by atoms with Crippen molar-refractivity contribution in [1.82, 2.24) is 0 Å². The number of furan rings is 1. The summed E-state index contributed by atoms with van der Waals surface area (Å²) in [6.07, 6.45) is 0. The van der Waals surface area contributed by atoms with Gasteiger partial charge >= 0.3 is 0 Å². The third-order valence-corrected chi connectivity index (χ3v) is 7.76. The minimum absolute atomic E-state index is 0.486. The number of rotatable bonds is 3. The minimum Gasteiger partial charge on any atom is -0.456 e. The smallest absolute Gasteiger partial charge is 0.136 e. The summed E-state index contributed by atoms with van der Waals surface area (Å²) in [4.78, 5) is 0. The van der Waals surface area contributed by atoms with E-state index in [2.05, 4.69) is 0 Å². The van der Waals surface area contributed by atoms with Crippen LogP contribution in [0.25, 0.3) is 98.4 Å². The van der Waals surface area contributed by atoms with Gasteiger partial charge in [0.15, 0.2) is 0 Å². The van der Waals surface area contributed by atoms with E-state index in [0.717, 1.165) is 0 Å². The second-order valence-corrected chi connectivity index (χ2v) is 10.3. The Labute approximate surface area is 311 Å². The maximum Gasteiger partial charge on any atom is 0.136 e. The first-order chi connectivity index (χ1) is 35.0. The highest BCUT2D eigenvalue weighted by atomic mass is 16.3. The normalized spacial score (nSPS) is 20.2. The molecule has 0 fully saturated rings.